The van der Waals surface area contributed by atoms with Gasteiger partial charge in [0.2, 0.25) is 9.47 Å². The fraction of sp³-hybridized carbons (Fsp3) is 0.250. The minimum absolute atomic E-state index is 0.266. The number of benzene rings is 1. The van der Waals surface area contributed by atoms with Crippen molar-refractivity contribution in [3.8, 4) is 0 Å². The summed E-state index contributed by atoms with van der Waals surface area (Å²) in [6.45, 7) is 2.10. The Labute approximate surface area is 114 Å². The van der Waals surface area contributed by atoms with Crippen molar-refractivity contribution in [1.82, 2.24) is 10.2 Å². The van der Waals surface area contributed by atoms with E-state index in [4.69, 9.17) is 11.6 Å². The normalized spacial score (nSPS) is 10.3. The number of halogens is 1. The number of aromatic nitrogens is 2. The molecule has 1 aromatic carbocycles. The molecule has 0 spiro atoms. The van der Waals surface area contributed by atoms with Crippen LogP contribution in [0.1, 0.15) is 28.7 Å². The summed E-state index contributed by atoms with van der Waals surface area (Å²) in [6.07, 6.45) is 1.95. The van der Waals surface area contributed by atoms with E-state index in [0.29, 0.717) is 0 Å². The largest absolute Gasteiger partial charge is 0.320 e. The monoisotopic (exact) mass is 281 g/mol. The van der Waals surface area contributed by atoms with Crippen LogP contribution in [0, 0.1) is 0 Å². The number of carbonyl (C=O) groups excluding carboxylic acids is 1. The SMILES string of the molecule is CCCc1ccccc1NC(=O)c1nnc(Cl)s1. The first-order valence-corrected chi connectivity index (χ1v) is 6.78. The molecule has 18 heavy (non-hydrogen) atoms. The van der Waals surface area contributed by atoms with E-state index in [0.717, 1.165) is 35.4 Å². The van der Waals surface area contributed by atoms with E-state index in [1.807, 2.05) is 24.3 Å². The van der Waals surface area contributed by atoms with Gasteiger partial charge in [0.15, 0.2) is 0 Å². The van der Waals surface area contributed by atoms with Crippen molar-refractivity contribution in [3.05, 3.63) is 39.3 Å². The number of hydrogen-bond acceptors (Lipinski definition) is 4. The number of anilines is 1. The fourth-order valence-corrected chi connectivity index (χ4v) is 2.33. The van der Waals surface area contributed by atoms with Crippen molar-refractivity contribution in [1.29, 1.82) is 0 Å². The molecule has 0 atom stereocenters. The van der Waals surface area contributed by atoms with E-state index >= 15 is 0 Å². The van der Waals surface area contributed by atoms with Gasteiger partial charge in [-0.1, -0.05) is 42.9 Å². The van der Waals surface area contributed by atoms with E-state index < -0.39 is 0 Å². The average Bonchev–Trinajstić information content (AvgIpc) is 2.79. The second-order valence-electron chi connectivity index (χ2n) is 3.72. The molecule has 1 aromatic heterocycles. The van der Waals surface area contributed by atoms with Gasteiger partial charge in [-0.3, -0.25) is 4.79 Å². The highest BCUT2D eigenvalue weighted by Gasteiger charge is 2.13. The van der Waals surface area contributed by atoms with E-state index in [9.17, 15) is 4.79 Å². The maximum atomic E-state index is 11.9. The van der Waals surface area contributed by atoms with Crippen molar-refractivity contribution >= 4 is 34.5 Å². The summed E-state index contributed by atoms with van der Waals surface area (Å²) < 4.78 is 0.266. The number of nitrogens with one attached hydrogen (secondary N) is 1. The topological polar surface area (TPSA) is 54.9 Å². The fourth-order valence-electron chi connectivity index (χ4n) is 1.60. The quantitative estimate of drug-likeness (QED) is 0.934. The number of rotatable bonds is 4. The predicted molar refractivity (Wildman–Crippen MR) is 73.3 cm³/mol. The molecule has 0 aliphatic carbocycles. The second-order valence-corrected chi connectivity index (χ2v) is 5.28. The zero-order valence-electron chi connectivity index (χ0n) is 9.81. The van der Waals surface area contributed by atoms with Gasteiger partial charge in [-0.2, -0.15) is 0 Å². The molecule has 0 saturated heterocycles. The van der Waals surface area contributed by atoms with Gasteiger partial charge in [-0.25, -0.2) is 0 Å². The molecule has 1 N–H and O–H groups in total. The lowest BCUT2D eigenvalue weighted by molar-refractivity contribution is 0.102. The lowest BCUT2D eigenvalue weighted by Gasteiger charge is -2.08. The van der Waals surface area contributed by atoms with Crippen LogP contribution in [-0.2, 0) is 6.42 Å². The Morgan fingerprint density at radius 1 is 1.39 bits per heavy atom. The highest BCUT2D eigenvalue weighted by molar-refractivity contribution is 7.17. The van der Waals surface area contributed by atoms with Crippen LogP contribution in [0.2, 0.25) is 4.47 Å². The smallest absolute Gasteiger partial charge is 0.286 e. The van der Waals surface area contributed by atoms with Crippen LogP contribution in [-0.4, -0.2) is 16.1 Å². The molecular weight excluding hydrogens is 270 g/mol. The Bertz CT molecular complexity index is 556. The Morgan fingerprint density at radius 3 is 2.83 bits per heavy atom. The number of aryl methyl sites for hydroxylation is 1. The molecule has 0 aliphatic heterocycles. The van der Waals surface area contributed by atoms with Gasteiger partial charge in [0.05, 0.1) is 0 Å². The van der Waals surface area contributed by atoms with Crippen LogP contribution >= 0.6 is 22.9 Å². The van der Waals surface area contributed by atoms with Crippen LogP contribution in [0.25, 0.3) is 0 Å². The van der Waals surface area contributed by atoms with E-state index in [-0.39, 0.29) is 15.4 Å². The van der Waals surface area contributed by atoms with Gasteiger partial charge in [0.25, 0.3) is 5.91 Å². The minimum Gasteiger partial charge on any atom is -0.320 e. The summed E-state index contributed by atoms with van der Waals surface area (Å²) in [5.41, 5.74) is 1.93. The van der Waals surface area contributed by atoms with Gasteiger partial charge in [-0.15, -0.1) is 10.2 Å². The van der Waals surface area contributed by atoms with Crippen molar-refractivity contribution < 1.29 is 4.79 Å². The molecule has 2 rings (SSSR count). The molecule has 2 aromatic rings. The van der Waals surface area contributed by atoms with Crippen LogP contribution in [0.5, 0.6) is 0 Å². The third-order valence-corrected chi connectivity index (χ3v) is 3.40. The van der Waals surface area contributed by atoms with Gasteiger partial charge in [-0.05, 0) is 29.7 Å². The van der Waals surface area contributed by atoms with Crippen LogP contribution in [0.15, 0.2) is 24.3 Å². The van der Waals surface area contributed by atoms with Crippen LogP contribution in [0.4, 0.5) is 5.69 Å². The third kappa shape index (κ3) is 3.05. The van der Waals surface area contributed by atoms with E-state index in [1.165, 1.54) is 0 Å². The van der Waals surface area contributed by atoms with Crippen molar-refractivity contribution in [3.63, 3.8) is 0 Å². The van der Waals surface area contributed by atoms with Gasteiger partial charge in [0, 0.05) is 5.69 Å². The average molecular weight is 282 g/mol. The van der Waals surface area contributed by atoms with Gasteiger partial charge >= 0.3 is 0 Å². The van der Waals surface area contributed by atoms with Crippen LogP contribution < -0.4 is 5.32 Å². The van der Waals surface area contributed by atoms with Crippen molar-refractivity contribution in [2.24, 2.45) is 0 Å². The molecule has 94 valence electrons. The predicted octanol–water partition coefficient (Wildman–Crippen LogP) is 3.40. The minimum atomic E-state index is -0.275. The van der Waals surface area contributed by atoms with Gasteiger partial charge in [0.1, 0.15) is 0 Å². The first-order chi connectivity index (χ1) is 8.70. The summed E-state index contributed by atoms with van der Waals surface area (Å²) >= 11 is 6.72. The molecule has 0 radical (unpaired) electrons. The first kappa shape index (κ1) is 13.0. The number of amides is 1. The summed E-state index contributed by atoms with van der Waals surface area (Å²) in [5.74, 6) is -0.275. The Morgan fingerprint density at radius 2 is 2.17 bits per heavy atom. The number of hydrogen-bond donors (Lipinski definition) is 1. The lowest BCUT2D eigenvalue weighted by Crippen LogP contribution is -2.13. The number of carbonyl (C=O) groups is 1. The summed E-state index contributed by atoms with van der Waals surface area (Å²) in [4.78, 5) is 11.9. The maximum Gasteiger partial charge on any atom is 0.286 e. The summed E-state index contributed by atoms with van der Waals surface area (Å²) in [5, 5.41) is 10.4. The van der Waals surface area contributed by atoms with E-state index in [2.05, 4.69) is 22.4 Å². The zero-order valence-corrected chi connectivity index (χ0v) is 11.4. The van der Waals surface area contributed by atoms with Gasteiger partial charge < -0.3 is 5.32 Å². The van der Waals surface area contributed by atoms with Crippen molar-refractivity contribution in [2.75, 3.05) is 5.32 Å². The molecule has 0 bridgehead atoms. The van der Waals surface area contributed by atoms with E-state index in [1.54, 1.807) is 0 Å². The Kier molecular flexibility index (Phi) is 4.28. The number of nitrogens with zero attached hydrogens (tertiary/aromatic N) is 2. The lowest BCUT2D eigenvalue weighted by atomic mass is 10.1. The molecule has 0 saturated carbocycles. The number of para-hydroxylation sites is 1. The molecule has 1 heterocycles. The Hall–Kier alpha value is -1.46. The van der Waals surface area contributed by atoms with Crippen molar-refractivity contribution in [2.45, 2.75) is 19.8 Å². The second kappa shape index (κ2) is 5.93. The highest BCUT2D eigenvalue weighted by atomic mass is 35.5. The zero-order chi connectivity index (χ0) is 13.0. The molecule has 4 nitrogen and oxygen atoms in total. The maximum absolute atomic E-state index is 11.9. The molecular formula is C12H12ClN3OS. The standard InChI is InChI=1S/C12H12ClN3OS/c1-2-5-8-6-3-4-7-9(8)14-10(17)11-15-16-12(13)18-11/h3-4,6-7H,2,5H2,1H3,(H,14,17). The molecule has 6 heteroatoms. The Balaban J connectivity index is 2.16. The van der Waals surface area contributed by atoms with Crippen LogP contribution in [0.3, 0.4) is 0 Å². The summed E-state index contributed by atoms with van der Waals surface area (Å²) in [6, 6.07) is 7.74. The molecule has 1 amide bonds. The molecule has 0 fully saturated rings. The summed E-state index contributed by atoms with van der Waals surface area (Å²) in [7, 11) is 0. The third-order valence-electron chi connectivity index (χ3n) is 2.38. The first-order valence-electron chi connectivity index (χ1n) is 5.59. The molecule has 0 aliphatic rings. The highest BCUT2D eigenvalue weighted by Crippen LogP contribution is 2.20. The molecule has 0 unspecified atom stereocenters.